The zero-order valence-corrected chi connectivity index (χ0v) is 11.0. The number of rotatable bonds is 2. The van der Waals surface area contributed by atoms with E-state index in [4.69, 9.17) is 28.9 Å². The molecule has 2 N–H and O–H groups in total. The molecule has 4 heteroatoms. The Bertz CT molecular complexity index is 507. The Labute approximate surface area is 109 Å². The molecule has 0 bridgehead atoms. The molecule has 0 saturated carbocycles. The van der Waals surface area contributed by atoms with E-state index in [1.165, 1.54) is 5.56 Å². The van der Waals surface area contributed by atoms with Gasteiger partial charge in [-0.1, -0.05) is 29.3 Å². The summed E-state index contributed by atoms with van der Waals surface area (Å²) in [5.41, 5.74) is 9.52. The van der Waals surface area contributed by atoms with E-state index in [-0.39, 0.29) is 6.04 Å². The molecule has 0 amide bonds. The largest absolute Gasteiger partial charge is 0.320 e. The first-order valence-electron chi connectivity index (χ1n) is 4.83. The lowest BCUT2D eigenvalue weighted by Crippen LogP contribution is -2.11. The van der Waals surface area contributed by atoms with Crippen molar-refractivity contribution in [1.29, 1.82) is 0 Å². The van der Waals surface area contributed by atoms with Gasteiger partial charge in [0.15, 0.2) is 0 Å². The molecule has 0 aliphatic carbocycles. The monoisotopic (exact) mass is 271 g/mol. The SMILES string of the molecule is Cc1cscc1C(N)c1ccc(Cl)c(Cl)c1. The molecule has 0 spiro atoms. The van der Waals surface area contributed by atoms with Crippen LogP contribution in [0.15, 0.2) is 29.0 Å². The lowest BCUT2D eigenvalue weighted by Gasteiger charge is -2.12. The summed E-state index contributed by atoms with van der Waals surface area (Å²) >= 11 is 13.5. The summed E-state index contributed by atoms with van der Waals surface area (Å²) in [5.74, 6) is 0. The molecular weight excluding hydrogens is 261 g/mol. The highest BCUT2D eigenvalue weighted by molar-refractivity contribution is 7.08. The molecule has 1 nitrogen and oxygen atoms in total. The summed E-state index contributed by atoms with van der Waals surface area (Å²) in [4.78, 5) is 0. The Morgan fingerprint density at radius 3 is 2.50 bits per heavy atom. The van der Waals surface area contributed by atoms with Crippen molar-refractivity contribution in [3.05, 3.63) is 55.7 Å². The average Bonchev–Trinajstić information content (AvgIpc) is 2.67. The van der Waals surface area contributed by atoms with Crippen molar-refractivity contribution in [1.82, 2.24) is 0 Å². The van der Waals surface area contributed by atoms with Crippen molar-refractivity contribution in [3.8, 4) is 0 Å². The van der Waals surface area contributed by atoms with Gasteiger partial charge in [0.1, 0.15) is 0 Å². The highest BCUT2D eigenvalue weighted by Gasteiger charge is 2.13. The minimum absolute atomic E-state index is 0.138. The van der Waals surface area contributed by atoms with Gasteiger partial charge in [-0.3, -0.25) is 0 Å². The third-order valence-corrected chi connectivity index (χ3v) is 4.15. The molecule has 0 fully saturated rings. The Hall–Kier alpha value is -0.540. The van der Waals surface area contributed by atoms with Gasteiger partial charge in [-0.05, 0) is 46.5 Å². The first-order valence-corrected chi connectivity index (χ1v) is 6.52. The van der Waals surface area contributed by atoms with Gasteiger partial charge in [0, 0.05) is 0 Å². The van der Waals surface area contributed by atoms with Crippen molar-refractivity contribution in [2.45, 2.75) is 13.0 Å². The second kappa shape index (κ2) is 4.76. The molecule has 2 aromatic rings. The fourth-order valence-corrected chi connectivity index (χ4v) is 2.77. The summed E-state index contributed by atoms with van der Waals surface area (Å²) in [5, 5.41) is 5.26. The van der Waals surface area contributed by atoms with Crippen molar-refractivity contribution >= 4 is 34.5 Å². The molecule has 2 rings (SSSR count). The van der Waals surface area contributed by atoms with Gasteiger partial charge in [0.05, 0.1) is 16.1 Å². The van der Waals surface area contributed by atoms with Crippen molar-refractivity contribution < 1.29 is 0 Å². The smallest absolute Gasteiger partial charge is 0.0595 e. The molecule has 0 aliphatic heterocycles. The molecule has 0 aliphatic rings. The van der Waals surface area contributed by atoms with E-state index >= 15 is 0 Å². The van der Waals surface area contributed by atoms with Crippen LogP contribution in [0.2, 0.25) is 10.0 Å². The fourth-order valence-electron chi connectivity index (χ4n) is 1.57. The van der Waals surface area contributed by atoms with Gasteiger partial charge in [0.25, 0.3) is 0 Å². The van der Waals surface area contributed by atoms with Crippen LogP contribution in [0.1, 0.15) is 22.7 Å². The quantitative estimate of drug-likeness (QED) is 0.860. The molecule has 0 saturated heterocycles. The minimum Gasteiger partial charge on any atom is -0.320 e. The molecular formula is C12H11Cl2NS. The highest BCUT2D eigenvalue weighted by atomic mass is 35.5. The molecule has 1 aromatic carbocycles. The van der Waals surface area contributed by atoms with E-state index in [1.807, 2.05) is 12.1 Å². The maximum absolute atomic E-state index is 6.19. The number of halogens is 2. The van der Waals surface area contributed by atoms with Crippen LogP contribution < -0.4 is 5.73 Å². The minimum atomic E-state index is -0.138. The summed E-state index contributed by atoms with van der Waals surface area (Å²) in [6, 6.07) is 5.38. The van der Waals surface area contributed by atoms with Crippen LogP contribution in [0, 0.1) is 6.92 Å². The van der Waals surface area contributed by atoms with E-state index in [0.717, 1.165) is 11.1 Å². The first-order chi connectivity index (χ1) is 7.59. The molecule has 84 valence electrons. The van der Waals surface area contributed by atoms with Crippen molar-refractivity contribution in [3.63, 3.8) is 0 Å². The third kappa shape index (κ3) is 2.25. The average molecular weight is 272 g/mol. The summed E-state index contributed by atoms with van der Waals surface area (Å²) < 4.78 is 0. The van der Waals surface area contributed by atoms with Crippen LogP contribution in [-0.2, 0) is 0 Å². The molecule has 1 unspecified atom stereocenters. The Balaban J connectivity index is 2.38. The van der Waals surface area contributed by atoms with Gasteiger partial charge < -0.3 is 5.73 Å². The van der Waals surface area contributed by atoms with E-state index < -0.39 is 0 Å². The maximum atomic E-state index is 6.19. The maximum Gasteiger partial charge on any atom is 0.0595 e. The zero-order valence-electron chi connectivity index (χ0n) is 8.71. The Morgan fingerprint density at radius 1 is 1.19 bits per heavy atom. The first kappa shape index (κ1) is 11.9. The fraction of sp³-hybridized carbons (Fsp3) is 0.167. The number of aryl methyl sites for hydroxylation is 1. The summed E-state index contributed by atoms with van der Waals surface area (Å²) in [7, 11) is 0. The normalized spacial score (nSPS) is 12.8. The van der Waals surface area contributed by atoms with Crippen LogP contribution in [0.25, 0.3) is 0 Å². The topological polar surface area (TPSA) is 26.0 Å². The Morgan fingerprint density at radius 2 is 1.94 bits per heavy atom. The van der Waals surface area contributed by atoms with Crippen LogP contribution >= 0.6 is 34.5 Å². The predicted octanol–water partition coefficient (Wildman–Crippen LogP) is 4.41. The summed E-state index contributed by atoms with van der Waals surface area (Å²) in [6.07, 6.45) is 0. The molecule has 0 radical (unpaired) electrons. The van der Waals surface area contributed by atoms with Crippen LogP contribution in [-0.4, -0.2) is 0 Å². The van der Waals surface area contributed by atoms with Gasteiger partial charge in [-0.15, -0.1) is 0 Å². The van der Waals surface area contributed by atoms with E-state index in [1.54, 1.807) is 17.4 Å². The van der Waals surface area contributed by atoms with E-state index in [9.17, 15) is 0 Å². The van der Waals surface area contributed by atoms with Gasteiger partial charge in [0.2, 0.25) is 0 Å². The Kier molecular flexibility index (Phi) is 3.55. The number of thiophene rings is 1. The molecule has 16 heavy (non-hydrogen) atoms. The van der Waals surface area contributed by atoms with Crippen LogP contribution in [0.3, 0.4) is 0 Å². The van der Waals surface area contributed by atoms with Crippen molar-refractivity contribution in [2.24, 2.45) is 5.73 Å². The standard InChI is InChI=1S/C12H11Cl2NS/c1-7-5-16-6-9(7)12(15)8-2-3-10(13)11(14)4-8/h2-6,12H,15H2,1H3. The van der Waals surface area contributed by atoms with Crippen LogP contribution in [0.4, 0.5) is 0 Å². The van der Waals surface area contributed by atoms with Gasteiger partial charge in [-0.2, -0.15) is 11.3 Å². The number of hydrogen-bond donors (Lipinski definition) is 1. The number of benzene rings is 1. The highest BCUT2D eigenvalue weighted by Crippen LogP contribution is 2.30. The third-order valence-electron chi connectivity index (χ3n) is 2.53. The van der Waals surface area contributed by atoms with E-state index in [0.29, 0.717) is 10.0 Å². The lowest BCUT2D eigenvalue weighted by molar-refractivity contribution is 0.868. The number of nitrogens with two attached hydrogens (primary N) is 1. The number of hydrogen-bond acceptors (Lipinski definition) is 2. The second-order valence-electron chi connectivity index (χ2n) is 3.66. The van der Waals surface area contributed by atoms with Crippen molar-refractivity contribution in [2.75, 3.05) is 0 Å². The molecule has 1 aromatic heterocycles. The summed E-state index contributed by atoms with van der Waals surface area (Å²) in [6.45, 7) is 2.06. The van der Waals surface area contributed by atoms with E-state index in [2.05, 4.69) is 17.7 Å². The van der Waals surface area contributed by atoms with Gasteiger partial charge >= 0.3 is 0 Å². The lowest BCUT2D eigenvalue weighted by atomic mass is 10.00. The van der Waals surface area contributed by atoms with Gasteiger partial charge in [-0.25, -0.2) is 0 Å². The molecule has 1 atom stereocenters. The molecule has 1 heterocycles. The predicted molar refractivity (Wildman–Crippen MR) is 71.5 cm³/mol. The second-order valence-corrected chi connectivity index (χ2v) is 5.22. The van der Waals surface area contributed by atoms with Crippen LogP contribution in [0.5, 0.6) is 0 Å². The zero-order chi connectivity index (χ0) is 11.7.